The van der Waals surface area contributed by atoms with Crippen LogP contribution in [-0.2, 0) is 20.9 Å². The summed E-state index contributed by atoms with van der Waals surface area (Å²) in [6.45, 7) is -2.81. The lowest BCUT2D eigenvalue weighted by Gasteiger charge is -2.19. The molecule has 0 radical (unpaired) electrons. The molecule has 1 aromatic carbocycles. The van der Waals surface area contributed by atoms with Gasteiger partial charge in [-0.3, -0.25) is 9.59 Å². The van der Waals surface area contributed by atoms with E-state index < -0.39 is 49.4 Å². The molecule has 1 atom stereocenters. The number of aromatic nitrogens is 4. The second-order valence-corrected chi connectivity index (χ2v) is 7.73. The van der Waals surface area contributed by atoms with Crippen molar-refractivity contribution >= 4 is 52.4 Å². The predicted octanol–water partition coefficient (Wildman–Crippen LogP) is 0.902. The molecule has 0 saturated heterocycles. The van der Waals surface area contributed by atoms with Crippen molar-refractivity contribution in [3.05, 3.63) is 41.7 Å². The SMILES string of the molecule is O=C(O)C(F)(F)F.[2H]C([2H])([2H])N(Cc1cnc2nc(N)nc(N)c2n1)c1ccc(C(=O)N[C@@H](CCC(=O)O)C(=O)O)cc1. The smallest absolute Gasteiger partial charge is 0.481 e. The van der Waals surface area contributed by atoms with E-state index in [1.807, 2.05) is 0 Å². The first-order chi connectivity index (χ1) is 19.8. The van der Waals surface area contributed by atoms with Crippen molar-refractivity contribution in [3.8, 4) is 0 Å². The summed E-state index contributed by atoms with van der Waals surface area (Å²) in [4.78, 5) is 60.6. The maximum atomic E-state index is 12.5. The molecule has 8 N–H and O–H groups in total. The minimum Gasteiger partial charge on any atom is -0.481 e. The van der Waals surface area contributed by atoms with Gasteiger partial charge in [-0.25, -0.2) is 19.6 Å². The largest absolute Gasteiger partial charge is 0.490 e. The number of hydrogen-bond donors (Lipinski definition) is 6. The molecule has 15 nitrogen and oxygen atoms in total. The number of aliphatic carboxylic acids is 3. The summed E-state index contributed by atoms with van der Waals surface area (Å²) in [6, 6.07) is 3.99. The Morgan fingerprint density at radius 1 is 1.07 bits per heavy atom. The summed E-state index contributed by atoms with van der Waals surface area (Å²) in [5.41, 5.74) is 12.2. The van der Waals surface area contributed by atoms with Crippen molar-refractivity contribution < 1.29 is 51.8 Å². The summed E-state index contributed by atoms with van der Waals surface area (Å²) in [6.07, 6.45) is -4.49. The fourth-order valence-corrected chi connectivity index (χ4v) is 2.87. The molecule has 0 saturated carbocycles. The molecule has 0 fully saturated rings. The number of carboxylic acids is 3. The summed E-state index contributed by atoms with van der Waals surface area (Å²) in [5.74, 6) is -6.17. The molecule has 1 amide bonds. The Balaban J connectivity index is 0.000000821. The van der Waals surface area contributed by atoms with Crippen LogP contribution in [0.4, 0.5) is 30.6 Å². The second-order valence-electron chi connectivity index (χ2n) is 7.73. The molecule has 0 bridgehead atoms. The Bertz CT molecular complexity index is 1510. The van der Waals surface area contributed by atoms with Crippen LogP contribution in [-0.4, -0.2) is 78.3 Å². The maximum absolute atomic E-state index is 12.5. The molecule has 0 unspecified atom stereocenters. The third-order valence-electron chi connectivity index (χ3n) is 4.76. The lowest BCUT2D eigenvalue weighted by Crippen LogP contribution is -2.41. The van der Waals surface area contributed by atoms with Crippen LogP contribution in [0.25, 0.3) is 11.2 Å². The number of carbonyl (C=O) groups excluding carboxylic acids is 1. The number of fused-ring (bicyclic) bond motifs is 1. The number of amides is 1. The number of alkyl halides is 3. The van der Waals surface area contributed by atoms with E-state index in [-0.39, 0.29) is 52.8 Å². The van der Waals surface area contributed by atoms with Gasteiger partial charge in [0, 0.05) is 28.8 Å². The maximum Gasteiger partial charge on any atom is 0.490 e. The Hall–Kier alpha value is -5.29. The monoisotopic (exact) mass is 571 g/mol. The predicted molar refractivity (Wildman–Crippen MR) is 132 cm³/mol. The Morgan fingerprint density at radius 2 is 1.70 bits per heavy atom. The second kappa shape index (κ2) is 13.0. The van der Waals surface area contributed by atoms with Crippen molar-refractivity contribution in [2.45, 2.75) is 31.6 Å². The van der Waals surface area contributed by atoms with E-state index in [9.17, 15) is 32.7 Å². The number of benzene rings is 1. The van der Waals surface area contributed by atoms with Crippen LogP contribution in [0.1, 0.15) is 33.0 Å². The number of carboxylic acid groups (broad SMARTS) is 3. The number of anilines is 3. The van der Waals surface area contributed by atoms with E-state index in [4.69, 9.17) is 30.6 Å². The highest BCUT2D eigenvalue weighted by Gasteiger charge is 2.38. The first-order valence-electron chi connectivity index (χ1n) is 12.3. The highest BCUT2D eigenvalue weighted by Crippen LogP contribution is 2.19. The molecule has 3 rings (SSSR count). The number of halogens is 3. The lowest BCUT2D eigenvalue weighted by molar-refractivity contribution is -0.192. The average Bonchev–Trinajstić information content (AvgIpc) is 2.88. The molecule has 0 aliphatic carbocycles. The molecule has 3 aromatic rings. The number of rotatable bonds is 9. The Kier molecular flexibility index (Phi) is 8.54. The van der Waals surface area contributed by atoms with Crippen molar-refractivity contribution in [2.24, 2.45) is 0 Å². The van der Waals surface area contributed by atoms with Crippen molar-refractivity contribution in [1.29, 1.82) is 0 Å². The first kappa shape index (κ1) is 26.3. The molecule has 214 valence electrons. The molecule has 18 heteroatoms. The zero-order chi connectivity index (χ0) is 32.7. The fourth-order valence-electron chi connectivity index (χ4n) is 2.87. The molecular weight excluding hydrogens is 545 g/mol. The zero-order valence-corrected chi connectivity index (χ0v) is 20.1. The number of nitrogen functional groups attached to an aromatic ring is 2. The number of nitrogens with one attached hydrogen (secondary N) is 1. The van der Waals surface area contributed by atoms with Crippen LogP contribution in [0, 0.1) is 0 Å². The number of hydrogen-bond acceptors (Lipinski definition) is 11. The number of nitrogens with two attached hydrogens (primary N) is 2. The van der Waals surface area contributed by atoms with Gasteiger partial charge in [0.2, 0.25) is 5.95 Å². The topological polar surface area (TPSA) is 248 Å². The van der Waals surface area contributed by atoms with Crippen LogP contribution >= 0.6 is 0 Å². The summed E-state index contributed by atoms with van der Waals surface area (Å²) in [7, 11) is 0. The quantitative estimate of drug-likeness (QED) is 0.209. The number of carbonyl (C=O) groups is 4. The average molecular weight is 571 g/mol. The highest BCUT2D eigenvalue weighted by molar-refractivity contribution is 5.97. The van der Waals surface area contributed by atoms with Gasteiger partial charge in [0.1, 0.15) is 6.04 Å². The van der Waals surface area contributed by atoms with Gasteiger partial charge in [0.25, 0.3) is 5.91 Å². The van der Waals surface area contributed by atoms with E-state index >= 15 is 0 Å². The van der Waals surface area contributed by atoms with Crippen molar-refractivity contribution in [3.63, 3.8) is 0 Å². The van der Waals surface area contributed by atoms with E-state index in [1.54, 1.807) is 0 Å². The molecule has 2 heterocycles. The van der Waals surface area contributed by atoms with Gasteiger partial charge in [-0.2, -0.15) is 23.1 Å². The van der Waals surface area contributed by atoms with Gasteiger partial charge >= 0.3 is 24.1 Å². The molecule has 0 aliphatic rings. The minimum atomic E-state index is -5.08. The first-order valence-corrected chi connectivity index (χ1v) is 10.8. The third-order valence-corrected chi connectivity index (χ3v) is 4.76. The van der Waals surface area contributed by atoms with Gasteiger partial charge < -0.3 is 37.0 Å². The van der Waals surface area contributed by atoms with Gasteiger partial charge in [-0.1, -0.05) is 0 Å². The van der Waals surface area contributed by atoms with E-state index in [0.717, 1.165) is 4.90 Å². The third kappa shape index (κ3) is 8.92. The Morgan fingerprint density at radius 3 is 2.23 bits per heavy atom. The van der Waals surface area contributed by atoms with Crippen LogP contribution in [0.3, 0.4) is 0 Å². The van der Waals surface area contributed by atoms with Gasteiger partial charge in [-0.15, -0.1) is 0 Å². The normalized spacial score (nSPS) is 13.0. The van der Waals surface area contributed by atoms with Crippen LogP contribution < -0.4 is 21.7 Å². The van der Waals surface area contributed by atoms with Crippen molar-refractivity contribution in [2.75, 3.05) is 23.3 Å². The minimum absolute atomic E-state index is 0.00864. The molecule has 0 spiro atoms. The molecule has 2 aromatic heterocycles. The van der Waals surface area contributed by atoms with E-state index in [2.05, 4.69) is 25.3 Å². The van der Waals surface area contributed by atoms with Crippen LogP contribution in [0.15, 0.2) is 30.5 Å². The summed E-state index contributed by atoms with van der Waals surface area (Å²) in [5, 5.41) is 27.3. The lowest BCUT2D eigenvalue weighted by atomic mass is 10.1. The van der Waals surface area contributed by atoms with Gasteiger partial charge in [0.05, 0.1) is 18.4 Å². The summed E-state index contributed by atoms with van der Waals surface area (Å²) < 4.78 is 55.5. The molecule has 0 aliphatic heterocycles. The number of nitrogens with zero attached hydrogens (tertiary/aromatic N) is 5. The standard InChI is InChI=1S/C20H22N8O5.C2HF3O2/c1-28(9-11-8-23-17-15(24-11)16(21)26-20(22)27-17)12-4-2-10(3-5-12)18(31)25-13(19(32)33)6-7-14(29)30;3-2(4,5)1(6)7/h2-5,8,13H,6-7,9H2,1H3,(H,25,31)(H,29,30)(H,32,33)(H4,21,22,23,26,27);(H,6,7)/t13-;/m0./s1/i1D3;. The van der Waals surface area contributed by atoms with Gasteiger partial charge in [-0.05, 0) is 30.7 Å². The van der Waals surface area contributed by atoms with Gasteiger partial charge in [0.15, 0.2) is 17.0 Å². The fraction of sp³-hybridized carbons (Fsp3) is 0.273. The molecule has 40 heavy (non-hydrogen) atoms. The Labute approximate surface area is 226 Å². The highest BCUT2D eigenvalue weighted by atomic mass is 19.4. The molecular formula is C22H23F3N8O7. The van der Waals surface area contributed by atoms with Crippen molar-refractivity contribution in [1.82, 2.24) is 25.3 Å². The summed E-state index contributed by atoms with van der Waals surface area (Å²) >= 11 is 0. The van der Waals surface area contributed by atoms with Crippen LogP contribution in [0.5, 0.6) is 0 Å². The van der Waals surface area contributed by atoms with E-state index in [1.165, 1.54) is 30.5 Å². The van der Waals surface area contributed by atoms with E-state index in [0.29, 0.717) is 0 Å². The zero-order valence-electron chi connectivity index (χ0n) is 23.1. The van der Waals surface area contributed by atoms with Crippen LogP contribution in [0.2, 0.25) is 0 Å².